The Balaban J connectivity index is 2.15. The summed E-state index contributed by atoms with van der Waals surface area (Å²) < 4.78 is 5.03. The number of carbonyl (C=O) groups is 1. The minimum atomic E-state index is -0.121. The number of hydrogen-bond donors (Lipinski definition) is 0. The van der Waals surface area contributed by atoms with Crippen LogP contribution < -0.4 is 0 Å². The van der Waals surface area contributed by atoms with E-state index in [1.54, 1.807) is 0 Å². The lowest BCUT2D eigenvalue weighted by Gasteiger charge is -2.17. The molecule has 0 bridgehead atoms. The smallest absolute Gasteiger partial charge is 0.305 e. The van der Waals surface area contributed by atoms with Crippen molar-refractivity contribution in [3.63, 3.8) is 0 Å². The van der Waals surface area contributed by atoms with Gasteiger partial charge in [0.2, 0.25) is 0 Å². The third-order valence-corrected chi connectivity index (χ3v) is 3.35. The van der Waals surface area contributed by atoms with E-state index in [9.17, 15) is 4.79 Å². The van der Waals surface area contributed by atoms with Gasteiger partial charge in [-0.15, -0.1) is 0 Å². The van der Waals surface area contributed by atoms with Crippen LogP contribution in [0.2, 0.25) is 0 Å². The van der Waals surface area contributed by atoms with Gasteiger partial charge in [0, 0.05) is 12.3 Å². The molecule has 2 nitrogen and oxygen atoms in total. The SMILES string of the molecule is CCOC(=O)CCC(c1ccccc1)c1ccccc1. The van der Waals surface area contributed by atoms with Crippen LogP contribution in [0, 0.1) is 0 Å². The topological polar surface area (TPSA) is 26.3 Å². The molecule has 0 amide bonds. The zero-order chi connectivity index (χ0) is 14.2. The maximum absolute atomic E-state index is 11.6. The largest absolute Gasteiger partial charge is 0.466 e. The van der Waals surface area contributed by atoms with Crippen molar-refractivity contribution in [2.45, 2.75) is 25.7 Å². The highest BCUT2D eigenvalue weighted by molar-refractivity contribution is 5.69. The van der Waals surface area contributed by atoms with Crippen LogP contribution in [0.25, 0.3) is 0 Å². The fourth-order valence-corrected chi connectivity index (χ4v) is 2.39. The number of carbonyl (C=O) groups excluding carboxylic acids is 1. The zero-order valence-corrected chi connectivity index (χ0v) is 11.8. The second-order valence-corrected chi connectivity index (χ2v) is 4.72. The maximum atomic E-state index is 11.6. The second-order valence-electron chi connectivity index (χ2n) is 4.72. The van der Waals surface area contributed by atoms with E-state index < -0.39 is 0 Å². The predicted molar refractivity (Wildman–Crippen MR) is 80.6 cm³/mol. The molecule has 2 aromatic rings. The molecule has 0 spiro atoms. The predicted octanol–water partition coefficient (Wildman–Crippen LogP) is 4.16. The van der Waals surface area contributed by atoms with Crippen molar-refractivity contribution in [3.05, 3.63) is 71.8 Å². The standard InChI is InChI=1S/C18H20O2/c1-2-20-18(19)14-13-17(15-9-5-3-6-10-15)16-11-7-4-8-12-16/h3-12,17H,2,13-14H2,1H3. The molecule has 2 rings (SSSR count). The van der Waals surface area contributed by atoms with E-state index in [1.165, 1.54) is 11.1 Å². The third kappa shape index (κ3) is 3.95. The minimum absolute atomic E-state index is 0.121. The van der Waals surface area contributed by atoms with E-state index in [0.717, 1.165) is 6.42 Å². The summed E-state index contributed by atoms with van der Waals surface area (Å²) in [5.41, 5.74) is 2.48. The lowest BCUT2D eigenvalue weighted by molar-refractivity contribution is -0.143. The molecule has 0 aromatic heterocycles. The molecule has 20 heavy (non-hydrogen) atoms. The van der Waals surface area contributed by atoms with E-state index in [-0.39, 0.29) is 11.9 Å². The molecule has 0 fully saturated rings. The zero-order valence-electron chi connectivity index (χ0n) is 11.8. The Hall–Kier alpha value is -2.09. The van der Waals surface area contributed by atoms with E-state index in [0.29, 0.717) is 13.0 Å². The second kappa shape index (κ2) is 7.49. The Morgan fingerprint density at radius 2 is 1.45 bits per heavy atom. The van der Waals surface area contributed by atoms with Gasteiger partial charge in [-0.05, 0) is 24.5 Å². The molecule has 0 unspecified atom stereocenters. The van der Waals surface area contributed by atoms with E-state index in [1.807, 2.05) is 43.3 Å². The summed E-state index contributed by atoms with van der Waals surface area (Å²) in [6.07, 6.45) is 1.22. The molecule has 2 heteroatoms. The summed E-state index contributed by atoms with van der Waals surface area (Å²) in [6, 6.07) is 20.6. The highest BCUT2D eigenvalue weighted by Crippen LogP contribution is 2.29. The molecule has 0 N–H and O–H groups in total. The number of hydrogen-bond acceptors (Lipinski definition) is 2. The van der Waals surface area contributed by atoms with Gasteiger partial charge in [-0.3, -0.25) is 4.79 Å². The Morgan fingerprint density at radius 1 is 0.950 bits per heavy atom. The normalized spacial score (nSPS) is 10.5. The lowest BCUT2D eigenvalue weighted by Crippen LogP contribution is -2.08. The first kappa shape index (κ1) is 14.3. The van der Waals surface area contributed by atoms with Crippen molar-refractivity contribution < 1.29 is 9.53 Å². The Morgan fingerprint density at radius 3 is 1.90 bits per heavy atom. The molecular weight excluding hydrogens is 248 g/mol. The van der Waals surface area contributed by atoms with E-state index in [2.05, 4.69) is 24.3 Å². The van der Waals surface area contributed by atoms with Gasteiger partial charge in [-0.2, -0.15) is 0 Å². The van der Waals surface area contributed by atoms with Crippen molar-refractivity contribution in [3.8, 4) is 0 Å². The van der Waals surface area contributed by atoms with Crippen LogP contribution in [0.15, 0.2) is 60.7 Å². The summed E-state index contributed by atoms with van der Waals surface area (Å²) in [5.74, 6) is 0.117. The van der Waals surface area contributed by atoms with Crippen molar-refractivity contribution in [2.75, 3.05) is 6.61 Å². The molecule has 0 saturated heterocycles. The van der Waals surface area contributed by atoms with Crippen LogP contribution in [0.3, 0.4) is 0 Å². The van der Waals surface area contributed by atoms with Gasteiger partial charge >= 0.3 is 5.97 Å². The molecule has 104 valence electrons. The summed E-state index contributed by atoms with van der Waals surface area (Å²) >= 11 is 0. The van der Waals surface area contributed by atoms with Crippen LogP contribution in [0.1, 0.15) is 36.8 Å². The van der Waals surface area contributed by atoms with Gasteiger partial charge < -0.3 is 4.74 Å². The number of benzene rings is 2. The van der Waals surface area contributed by atoms with Gasteiger partial charge in [0.05, 0.1) is 6.61 Å². The fourth-order valence-electron chi connectivity index (χ4n) is 2.39. The molecule has 0 heterocycles. The van der Waals surface area contributed by atoms with Crippen LogP contribution >= 0.6 is 0 Å². The van der Waals surface area contributed by atoms with Crippen molar-refractivity contribution >= 4 is 5.97 Å². The molecule has 0 atom stereocenters. The van der Waals surface area contributed by atoms with Gasteiger partial charge in [0.25, 0.3) is 0 Å². The van der Waals surface area contributed by atoms with Crippen LogP contribution in [0.5, 0.6) is 0 Å². The van der Waals surface area contributed by atoms with Gasteiger partial charge in [-0.1, -0.05) is 60.7 Å². The molecule has 0 aliphatic heterocycles. The first-order valence-electron chi connectivity index (χ1n) is 7.06. The van der Waals surface area contributed by atoms with E-state index in [4.69, 9.17) is 4.74 Å². The Bertz CT molecular complexity index is 480. The highest BCUT2D eigenvalue weighted by atomic mass is 16.5. The number of rotatable bonds is 6. The fraction of sp³-hybridized carbons (Fsp3) is 0.278. The summed E-state index contributed by atoms with van der Waals surface area (Å²) in [7, 11) is 0. The Kier molecular flexibility index (Phi) is 5.36. The monoisotopic (exact) mass is 268 g/mol. The lowest BCUT2D eigenvalue weighted by atomic mass is 9.87. The van der Waals surface area contributed by atoms with Crippen LogP contribution in [-0.4, -0.2) is 12.6 Å². The van der Waals surface area contributed by atoms with Crippen molar-refractivity contribution in [1.82, 2.24) is 0 Å². The average molecular weight is 268 g/mol. The number of ether oxygens (including phenoxy) is 1. The first-order chi connectivity index (χ1) is 9.81. The quantitative estimate of drug-likeness (QED) is 0.735. The molecule has 2 aromatic carbocycles. The molecule has 0 aliphatic rings. The highest BCUT2D eigenvalue weighted by Gasteiger charge is 2.15. The molecule has 0 radical (unpaired) electrons. The molecular formula is C18H20O2. The van der Waals surface area contributed by atoms with Crippen molar-refractivity contribution in [2.24, 2.45) is 0 Å². The first-order valence-corrected chi connectivity index (χ1v) is 7.06. The number of esters is 1. The average Bonchev–Trinajstić information content (AvgIpc) is 2.50. The summed E-state index contributed by atoms with van der Waals surface area (Å²) in [6.45, 7) is 2.28. The summed E-state index contributed by atoms with van der Waals surface area (Å²) in [5, 5.41) is 0. The van der Waals surface area contributed by atoms with Gasteiger partial charge in [-0.25, -0.2) is 0 Å². The van der Waals surface area contributed by atoms with Gasteiger partial charge in [0.15, 0.2) is 0 Å². The minimum Gasteiger partial charge on any atom is -0.466 e. The van der Waals surface area contributed by atoms with Gasteiger partial charge in [0.1, 0.15) is 0 Å². The maximum Gasteiger partial charge on any atom is 0.305 e. The molecule has 0 saturated carbocycles. The molecule has 0 aliphatic carbocycles. The van der Waals surface area contributed by atoms with Crippen LogP contribution in [0.4, 0.5) is 0 Å². The Labute approximate surface area is 120 Å². The summed E-state index contributed by atoms with van der Waals surface area (Å²) in [4.78, 5) is 11.6. The van der Waals surface area contributed by atoms with Crippen LogP contribution in [-0.2, 0) is 9.53 Å². The van der Waals surface area contributed by atoms with E-state index >= 15 is 0 Å². The third-order valence-electron chi connectivity index (χ3n) is 3.35. The van der Waals surface area contributed by atoms with Crippen molar-refractivity contribution in [1.29, 1.82) is 0 Å².